The van der Waals surface area contributed by atoms with Gasteiger partial charge in [0.15, 0.2) is 0 Å². The van der Waals surface area contributed by atoms with Crippen molar-refractivity contribution in [2.75, 3.05) is 27.2 Å². The van der Waals surface area contributed by atoms with Crippen molar-refractivity contribution in [1.82, 2.24) is 29.6 Å². The summed E-state index contributed by atoms with van der Waals surface area (Å²) in [5.41, 5.74) is -0.802. The van der Waals surface area contributed by atoms with Crippen LogP contribution < -0.4 is 5.32 Å². The molecule has 1 N–H and O–H groups in total. The van der Waals surface area contributed by atoms with Gasteiger partial charge in [0.25, 0.3) is 5.91 Å². The van der Waals surface area contributed by atoms with Crippen LogP contribution in [0.2, 0.25) is 0 Å². The van der Waals surface area contributed by atoms with Gasteiger partial charge in [0, 0.05) is 52.2 Å². The van der Waals surface area contributed by atoms with Crippen LogP contribution in [0.15, 0.2) is 18.7 Å². The van der Waals surface area contributed by atoms with Gasteiger partial charge < -0.3 is 19.7 Å². The smallest absolute Gasteiger partial charge is 0.327 e. The van der Waals surface area contributed by atoms with Crippen LogP contribution in [0.25, 0.3) is 0 Å². The largest absolute Gasteiger partial charge is 0.335 e. The van der Waals surface area contributed by atoms with Crippen LogP contribution in [0.5, 0.6) is 0 Å². The first kappa shape index (κ1) is 18.2. The third-order valence-electron chi connectivity index (χ3n) is 5.61. The molecule has 0 aromatic carbocycles. The van der Waals surface area contributed by atoms with Crippen LogP contribution in [0.3, 0.4) is 0 Å². The molecule has 2 fully saturated rings. The first-order valence-electron chi connectivity index (χ1n) is 8.96. The number of imide groups is 1. The van der Waals surface area contributed by atoms with Crippen molar-refractivity contribution in [3.05, 3.63) is 18.7 Å². The predicted molar refractivity (Wildman–Crippen MR) is 94.3 cm³/mol. The molecule has 0 bridgehead atoms. The van der Waals surface area contributed by atoms with E-state index in [9.17, 15) is 14.4 Å². The van der Waals surface area contributed by atoms with E-state index in [2.05, 4.69) is 10.3 Å². The lowest BCUT2D eigenvalue weighted by molar-refractivity contribution is -0.134. The van der Waals surface area contributed by atoms with Gasteiger partial charge >= 0.3 is 12.1 Å². The highest BCUT2D eigenvalue weighted by atomic mass is 16.2. The molecule has 1 aromatic heterocycles. The summed E-state index contributed by atoms with van der Waals surface area (Å²) in [7, 11) is 3.18. The zero-order chi connectivity index (χ0) is 18.9. The number of urea groups is 2. The molecule has 142 valence electrons. The number of likely N-dealkylation sites (tertiary alicyclic amines) is 1. The highest BCUT2D eigenvalue weighted by Crippen LogP contribution is 2.35. The van der Waals surface area contributed by atoms with E-state index in [1.165, 1.54) is 16.8 Å². The van der Waals surface area contributed by atoms with E-state index in [0.717, 1.165) is 6.42 Å². The Balaban J connectivity index is 1.58. The Hall–Kier alpha value is -2.58. The maximum absolute atomic E-state index is 12.6. The number of piperidine rings is 1. The fourth-order valence-electron chi connectivity index (χ4n) is 3.77. The van der Waals surface area contributed by atoms with Gasteiger partial charge in [-0.3, -0.25) is 9.69 Å². The molecule has 5 amide bonds. The van der Waals surface area contributed by atoms with Crippen molar-refractivity contribution in [2.45, 2.75) is 44.3 Å². The Bertz CT molecular complexity index is 681. The molecular weight excluding hydrogens is 336 g/mol. The summed E-state index contributed by atoms with van der Waals surface area (Å²) in [4.78, 5) is 45.6. The van der Waals surface area contributed by atoms with Crippen molar-refractivity contribution in [3.63, 3.8) is 0 Å². The summed E-state index contributed by atoms with van der Waals surface area (Å²) in [5.74, 6) is -0.170. The van der Waals surface area contributed by atoms with Crippen molar-refractivity contribution >= 4 is 18.0 Å². The normalized spacial score (nSPS) is 20.8. The molecule has 1 spiro atoms. The van der Waals surface area contributed by atoms with Crippen molar-refractivity contribution in [3.8, 4) is 0 Å². The third kappa shape index (κ3) is 3.02. The molecule has 2 saturated heterocycles. The van der Waals surface area contributed by atoms with Crippen LogP contribution in [0.1, 0.15) is 26.2 Å². The molecule has 9 heteroatoms. The average Bonchev–Trinajstić information content (AvgIpc) is 3.22. The van der Waals surface area contributed by atoms with Gasteiger partial charge in [-0.05, 0) is 19.3 Å². The molecule has 1 unspecified atom stereocenters. The minimum absolute atomic E-state index is 0.0103. The third-order valence-corrected chi connectivity index (χ3v) is 5.61. The molecule has 0 radical (unpaired) electrons. The predicted octanol–water partition coefficient (Wildman–Crippen LogP) is 0.730. The minimum Gasteiger partial charge on any atom is -0.335 e. The summed E-state index contributed by atoms with van der Waals surface area (Å²) in [6.45, 7) is 3.59. The Labute approximate surface area is 152 Å². The second-order valence-electron chi connectivity index (χ2n) is 7.04. The van der Waals surface area contributed by atoms with E-state index in [-0.39, 0.29) is 24.0 Å². The molecule has 2 aliphatic heterocycles. The maximum atomic E-state index is 12.6. The molecular formula is C17H26N6O3. The van der Waals surface area contributed by atoms with Gasteiger partial charge in [0.1, 0.15) is 5.54 Å². The molecule has 1 atom stereocenters. The number of likely N-dealkylation sites (N-methyl/N-ethyl adjacent to an activating group) is 2. The van der Waals surface area contributed by atoms with E-state index >= 15 is 0 Å². The topological polar surface area (TPSA) is 90.8 Å². The van der Waals surface area contributed by atoms with E-state index in [1.54, 1.807) is 24.5 Å². The van der Waals surface area contributed by atoms with E-state index < -0.39 is 5.54 Å². The number of hydrogen-bond donors (Lipinski definition) is 1. The number of aromatic nitrogens is 2. The van der Waals surface area contributed by atoms with Gasteiger partial charge in [-0.1, -0.05) is 6.92 Å². The fourth-order valence-corrected chi connectivity index (χ4v) is 3.77. The highest BCUT2D eigenvalue weighted by molar-refractivity contribution is 6.06. The highest BCUT2D eigenvalue weighted by Gasteiger charge is 2.55. The molecule has 26 heavy (non-hydrogen) atoms. The number of imidazole rings is 1. The first-order valence-corrected chi connectivity index (χ1v) is 8.96. The summed E-state index contributed by atoms with van der Waals surface area (Å²) in [6.07, 6.45) is 7.05. The number of carbonyl (C=O) groups excluding carboxylic acids is 3. The molecule has 1 aromatic rings. The average molecular weight is 362 g/mol. The molecule has 3 heterocycles. The maximum Gasteiger partial charge on any atom is 0.327 e. The molecule has 2 aliphatic rings. The van der Waals surface area contributed by atoms with E-state index in [4.69, 9.17) is 0 Å². The molecule has 3 rings (SSSR count). The standard InChI is InChI=1S/C17H26N6O3/c1-4-13(11-22-10-7-18-12-22)19-15(25)23-8-5-17(6-9-23)14(24)20(2)16(26)21(17)3/h7,10,12-13H,4-6,8-9,11H2,1-3H3,(H,19,25). The van der Waals surface area contributed by atoms with Crippen LogP contribution in [-0.2, 0) is 11.3 Å². The number of carbonyl (C=O) groups is 3. The quantitative estimate of drug-likeness (QED) is 0.800. The summed E-state index contributed by atoms with van der Waals surface area (Å²) in [5, 5.41) is 3.06. The summed E-state index contributed by atoms with van der Waals surface area (Å²) in [6, 6.07) is -0.394. The van der Waals surface area contributed by atoms with Crippen LogP contribution in [0, 0.1) is 0 Å². The number of nitrogens with zero attached hydrogens (tertiary/aromatic N) is 5. The number of rotatable bonds is 4. The van der Waals surface area contributed by atoms with Gasteiger partial charge in [0.05, 0.1) is 6.33 Å². The monoisotopic (exact) mass is 362 g/mol. The second kappa shape index (κ2) is 6.97. The zero-order valence-electron chi connectivity index (χ0n) is 15.5. The lowest BCUT2D eigenvalue weighted by Crippen LogP contribution is -2.58. The van der Waals surface area contributed by atoms with Gasteiger partial charge in [-0.2, -0.15) is 0 Å². The van der Waals surface area contributed by atoms with Crippen molar-refractivity contribution in [1.29, 1.82) is 0 Å². The lowest BCUT2D eigenvalue weighted by Gasteiger charge is -2.41. The minimum atomic E-state index is -0.802. The lowest BCUT2D eigenvalue weighted by atomic mass is 9.86. The Kier molecular flexibility index (Phi) is 4.88. The summed E-state index contributed by atoms with van der Waals surface area (Å²) < 4.78 is 1.94. The van der Waals surface area contributed by atoms with Gasteiger partial charge in [-0.25, -0.2) is 14.6 Å². The molecule has 0 saturated carbocycles. The Morgan fingerprint density at radius 3 is 2.50 bits per heavy atom. The fraction of sp³-hybridized carbons (Fsp3) is 0.647. The SMILES string of the molecule is CCC(Cn1ccnc1)NC(=O)N1CCC2(CC1)C(=O)N(C)C(=O)N2C. The van der Waals surface area contributed by atoms with Gasteiger partial charge in [-0.15, -0.1) is 0 Å². The second-order valence-corrected chi connectivity index (χ2v) is 7.04. The molecule has 9 nitrogen and oxygen atoms in total. The van der Waals surface area contributed by atoms with Crippen molar-refractivity contribution in [2.24, 2.45) is 0 Å². The Morgan fingerprint density at radius 1 is 1.31 bits per heavy atom. The first-order chi connectivity index (χ1) is 12.4. The number of nitrogens with one attached hydrogen (secondary N) is 1. The van der Waals surface area contributed by atoms with Crippen molar-refractivity contribution < 1.29 is 14.4 Å². The summed E-state index contributed by atoms with van der Waals surface area (Å²) >= 11 is 0. The number of hydrogen-bond acceptors (Lipinski definition) is 4. The van der Waals surface area contributed by atoms with Gasteiger partial charge in [0.2, 0.25) is 0 Å². The zero-order valence-corrected chi connectivity index (χ0v) is 15.5. The number of amides is 5. The van der Waals surface area contributed by atoms with E-state index in [0.29, 0.717) is 32.5 Å². The van der Waals surface area contributed by atoms with Crippen LogP contribution >= 0.6 is 0 Å². The molecule has 0 aliphatic carbocycles. The Morgan fingerprint density at radius 2 is 2.00 bits per heavy atom. The van der Waals surface area contributed by atoms with Crippen LogP contribution in [-0.4, -0.2) is 81.0 Å². The van der Waals surface area contributed by atoms with Crippen LogP contribution in [0.4, 0.5) is 9.59 Å². The van der Waals surface area contributed by atoms with E-state index in [1.807, 2.05) is 17.7 Å².